The van der Waals surface area contributed by atoms with E-state index >= 15 is 0 Å². The van der Waals surface area contributed by atoms with Gasteiger partial charge in [-0.25, -0.2) is 0 Å². The van der Waals surface area contributed by atoms with Gasteiger partial charge in [0.05, 0.1) is 24.2 Å². The number of anilines is 3. The Balaban J connectivity index is 1.19. The molecule has 4 aromatic rings. The Morgan fingerprint density at radius 1 is 1.11 bits per heavy atom. The summed E-state index contributed by atoms with van der Waals surface area (Å²) >= 11 is 1.13. The van der Waals surface area contributed by atoms with E-state index in [0.717, 1.165) is 75.7 Å². The lowest BCUT2D eigenvalue weighted by atomic mass is 9.88. The van der Waals surface area contributed by atoms with Gasteiger partial charge in [-0.3, -0.25) is 14.9 Å². The van der Waals surface area contributed by atoms with Crippen molar-refractivity contribution in [2.45, 2.75) is 36.5 Å². The fourth-order valence-electron chi connectivity index (χ4n) is 5.57. The van der Waals surface area contributed by atoms with Crippen LogP contribution in [-0.2, 0) is 21.4 Å². The lowest BCUT2D eigenvalue weighted by Gasteiger charge is -2.23. The molecule has 4 N–H and O–H groups in total. The van der Waals surface area contributed by atoms with Crippen LogP contribution in [0.3, 0.4) is 0 Å². The van der Waals surface area contributed by atoms with Crippen LogP contribution in [0.25, 0.3) is 10.9 Å². The van der Waals surface area contributed by atoms with E-state index in [1.54, 1.807) is 0 Å². The summed E-state index contributed by atoms with van der Waals surface area (Å²) in [7, 11) is 0. The van der Waals surface area contributed by atoms with Crippen molar-refractivity contribution in [1.82, 2.24) is 4.98 Å². The van der Waals surface area contributed by atoms with Gasteiger partial charge in [0.25, 0.3) is 0 Å². The van der Waals surface area contributed by atoms with Crippen LogP contribution in [0.4, 0.5) is 17.1 Å². The maximum Gasteiger partial charge on any atom is 0.228 e. The van der Waals surface area contributed by atoms with Gasteiger partial charge < -0.3 is 15.4 Å². The van der Waals surface area contributed by atoms with Crippen LogP contribution in [-0.4, -0.2) is 24.1 Å². The molecular formula is C30H30N4O2S. The third kappa shape index (κ3) is 4.82. The molecule has 1 saturated heterocycles. The zero-order valence-electron chi connectivity index (χ0n) is 20.8. The summed E-state index contributed by atoms with van der Waals surface area (Å²) in [6.07, 6.45) is 2.60. The van der Waals surface area contributed by atoms with E-state index < -0.39 is 0 Å². The molecule has 7 heteroatoms. The third-order valence-corrected chi connectivity index (χ3v) is 8.25. The minimum atomic E-state index is -0.0728. The smallest absolute Gasteiger partial charge is 0.228 e. The normalized spacial score (nSPS) is 20.3. The highest BCUT2D eigenvalue weighted by Gasteiger charge is 2.56. The Hall–Kier alpha value is -3.39. The van der Waals surface area contributed by atoms with E-state index in [1.165, 1.54) is 12.0 Å². The number of carbonyl (C=O) groups is 1. The topological polar surface area (TPSA) is 89.3 Å². The minimum absolute atomic E-state index is 0.0728. The average molecular weight is 511 g/mol. The number of nitrogens with one attached hydrogen (secondary N) is 2. The van der Waals surface area contributed by atoms with Crippen LogP contribution in [0.2, 0.25) is 0 Å². The van der Waals surface area contributed by atoms with Crippen LogP contribution in [0.1, 0.15) is 29.7 Å². The van der Waals surface area contributed by atoms with Crippen molar-refractivity contribution in [3.05, 3.63) is 89.6 Å². The van der Waals surface area contributed by atoms with Gasteiger partial charge in [0.2, 0.25) is 5.91 Å². The van der Waals surface area contributed by atoms with Crippen molar-refractivity contribution in [3.63, 3.8) is 0 Å². The Labute approximate surface area is 221 Å². The molecule has 3 aromatic carbocycles. The maximum atomic E-state index is 12.6. The molecule has 2 unspecified atom stereocenters. The fraction of sp³-hybridized carbons (Fsp3) is 0.267. The molecular weight excluding hydrogens is 480 g/mol. The summed E-state index contributed by atoms with van der Waals surface area (Å²) in [5, 5.41) is 13.4. The van der Waals surface area contributed by atoms with Gasteiger partial charge >= 0.3 is 0 Å². The summed E-state index contributed by atoms with van der Waals surface area (Å²) in [5.74, 6) is 0.567. The van der Waals surface area contributed by atoms with Crippen LogP contribution in [0.15, 0.2) is 77.7 Å². The second-order valence-electron chi connectivity index (χ2n) is 10.1. The monoisotopic (exact) mass is 510 g/mol. The van der Waals surface area contributed by atoms with Crippen LogP contribution in [0.5, 0.6) is 0 Å². The Bertz CT molecular complexity index is 1470. The van der Waals surface area contributed by atoms with E-state index in [0.29, 0.717) is 5.92 Å². The van der Waals surface area contributed by atoms with Gasteiger partial charge in [-0.05, 0) is 91.2 Å². The highest BCUT2D eigenvalue weighted by Crippen LogP contribution is 2.59. The number of fused-ring (bicyclic) bond motifs is 2. The number of aryl methyl sites for hydroxylation is 1. The van der Waals surface area contributed by atoms with Crippen LogP contribution >= 0.6 is 11.9 Å². The third-order valence-electron chi connectivity index (χ3n) is 7.64. The van der Waals surface area contributed by atoms with Gasteiger partial charge in [-0.2, -0.15) is 0 Å². The maximum absolute atomic E-state index is 12.6. The molecule has 1 aliphatic carbocycles. The fourth-order valence-corrected chi connectivity index (χ4v) is 5.97. The zero-order chi connectivity index (χ0) is 25.4. The summed E-state index contributed by atoms with van der Waals surface area (Å²) < 4.78 is 5.69. The van der Waals surface area contributed by atoms with Crippen molar-refractivity contribution < 1.29 is 9.53 Å². The zero-order valence-corrected chi connectivity index (χ0v) is 21.6. The lowest BCUT2D eigenvalue weighted by Crippen LogP contribution is -2.21. The molecule has 37 heavy (non-hydrogen) atoms. The van der Waals surface area contributed by atoms with Gasteiger partial charge in [0, 0.05) is 39.4 Å². The number of benzene rings is 3. The Kier molecular flexibility index (Phi) is 6.36. The average Bonchev–Trinajstić information content (AvgIpc) is 3.66. The molecule has 6 nitrogen and oxygen atoms in total. The number of hydrogen-bond acceptors (Lipinski definition) is 6. The Morgan fingerprint density at radius 3 is 2.76 bits per heavy atom. The van der Waals surface area contributed by atoms with E-state index in [-0.39, 0.29) is 17.7 Å². The van der Waals surface area contributed by atoms with E-state index in [4.69, 9.17) is 14.9 Å². The molecule has 0 radical (unpaired) electrons. The van der Waals surface area contributed by atoms with Crippen molar-refractivity contribution in [2.24, 2.45) is 11.1 Å². The number of nitrogens with two attached hydrogens (primary N) is 1. The number of para-hydroxylation sites is 1. The molecule has 2 atom stereocenters. The molecule has 1 amide bonds. The molecule has 6 rings (SSSR count). The van der Waals surface area contributed by atoms with E-state index in [9.17, 15) is 4.79 Å². The number of carbonyl (C=O) groups excluding carboxylic acids is 1. The predicted molar refractivity (Wildman–Crippen MR) is 150 cm³/mol. The Morgan fingerprint density at radius 2 is 1.95 bits per heavy atom. The number of hydrogen-bond donors (Lipinski definition) is 3. The first-order chi connectivity index (χ1) is 18.0. The van der Waals surface area contributed by atoms with E-state index in [2.05, 4.69) is 34.9 Å². The summed E-state index contributed by atoms with van der Waals surface area (Å²) in [6, 6.07) is 24.4. The van der Waals surface area contributed by atoms with Gasteiger partial charge in [0.15, 0.2) is 0 Å². The quantitative estimate of drug-likeness (QED) is 0.260. The number of pyridine rings is 1. The second kappa shape index (κ2) is 9.82. The first kappa shape index (κ1) is 24.0. The molecule has 2 heterocycles. The second-order valence-corrected chi connectivity index (χ2v) is 10.8. The van der Waals surface area contributed by atoms with Crippen LogP contribution < -0.4 is 15.8 Å². The highest BCUT2D eigenvalue weighted by molar-refractivity contribution is 7.97. The molecule has 2 fully saturated rings. The van der Waals surface area contributed by atoms with Gasteiger partial charge in [-0.1, -0.05) is 30.3 Å². The standard InChI is InChI=1S/C30H30N4O2S/c1-19-14-27(24-16-21(8-11-25(24)32-19)30-12-13-36-18-22(30)17-30)33-23-9-6-20(7-10-23)15-29(35)34-26-4-2-3-5-28(26)37-31/h2-11,14,16,22H,12-13,15,17-18,31H2,1H3,(H,32,33)(H,34,35). The largest absolute Gasteiger partial charge is 0.381 e. The molecule has 1 aromatic heterocycles. The van der Waals surface area contributed by atoms with Crippen molar-refractivity contribution in [2.75, 3.05) is 23.8 Å². The molecule has 1 aliphatic heterocycles. The highest BCUT2D eigenvalue weighted by atomic mass is 32.2. The number of nitrogens with zero attached hydrogens (tertiary/aromatic N) is 1. The van der Waals surface area contributed by atoms with Gasteiger partial charge in [-0.15, -0.1) is 0 Å². The van der Waals surface area contributed by atoms with Crippen LogP contribution in [0, 0.1) is 12.8 Å². The summed E-state index contributed by atoms with van der Waals surface area (Å²) in [6.45, 7) is 3.74. The molecule has 188 valence electrons. The number of amides is 1. The van der Waals surface area contributed by atoms with Gasteiger partial charge in [0.1, 0.15) is 0 Å². The van der Waals surface area contributed by atoms with Crippen molar-refractivity contribution in [1.29, 1.82) is 0 Å². The lowest BCUT2D eigenvalue weighted by molar-refractivity contribution is -0.115. The number of ether oxygens (including phenoxy) is 1. The SMILES string of the molecule is Cc1cc(Nc2ccc(CC(=O)Nc3ccccc3SN)cc2)c2cc(C34CCOCC3C4)ccc2n1. The summed E-state index contributed by atoms with van der Waals surface area (Å²) in [5.41, 5.74) is 7.34. The van der Waals surface area contributed by atoms with Crippen molar-refractivity contribution >= 4 is 45.8 Å². The number of rotatable bonds is 7. The summed E-state index contributed by atoms with van der Waals surface area (Å²) in [4.78, 5) is 18.2. The first-order valence-corrected chi connectivity index (χ1v) is 13.5. The molecule has 0 bridgehead atoms. The number of aromatic nitrogens is 1. The minimum Gasteiger partial charge on any atom is -0.381 e. The molecule has 0 spiro atoms. The predicted octanol–water partition coefficient (Wildman–Crippen LogP) is 6.11. The van der Waals surface area contributed by atoms with Crippen molar-refractivity contribution in [3.8, 4) is 0 Å². The molecule has 2 aliphatic rings. The first-order valence-electron chi connectivity index (χ1n) is 12.7. The molecule has 1 saturated carbocycles. The van der Waals surface area contributed by atoms with E-state index in [1.807, 2.05) is 55.5 Å².